The van der Waals surface area contributed by atoms with Crippen LogP contribution in [0.4, 0.5) is 14.5 Å². The standard InChI is InChI=1S/C13H14F2N2O2S2/c1-8(11-7-20-9(2)17-11)16-10-5-3-4-6-12(10)21(18,19)13(14)15/h3-8,13,16H,1-2H3. The van der Waals surface area contributed by atoms with E-state index in [0.717, 1.165) is 10.7 Å². The molecule has 0 aliphatic carbocycles. The van der Waals surface area contributed by atoms with Gasteiger partial charge >= 0.3 is 5.76 Å². The Hall–Kier alpha value is -1.54. The lowest BCUT2D eigenvalue weighted by molar-refractivity contribution is 0.235. The van der Waals surface area contributed by atoms with Crippen molar-refractivity contribution in [3.8, 4) is 0 Å². The van der Waals surface area contributed by atoms with Gasteiger partial charge in [0.1, 0.15) is 0 Å². The van der Waals surface area contributed by atoms with Crippen LogP contribution in [-0.2, 0) is 9.84 Å². The number of aryl methyl sites for hydroxylation is 1. The molecule has 114 valence electrons. The summed E-state index contributed by atoms with van der Waals surface area (Å²) in [5, 5.41) is 5.66. The topological polar surface area (TPSA) is 59.1 Å². The summed E-state index contributed by atoms with van der Waals surface area (Å²) in [7, 11) is -4.64. The Kier molecular flexibility index (Phi) is 4.58. The average molecular weight is 332 g/mol. The van der Waals surface area contributed by atoms with E-state index in [2.05, 4.69) is 10.3 Å². The number of aromatic nitrogens is 1. The third-order valence-electron chi connectivity index (χ3n) is 2.88. The number of nitrogens with one attached hydrogen (secondary N) is 1. The van der Waals surface area contributed by atoms with Gasteiger partial charge in [-0.2, -0.15) is 8.78 Å². The Morgan fingerprint density at radius 3 is 2.52 bits per heavy atom. The maximum Gasteiger partial charge on any atom is 0.341 e. The van der Waals surface area contributed by atoms with Crippen LogP contribution in [0.3, 0.4) is 0 Å². The molecule has 0 fully saturated rings. The van der Waals surface area contributed by atoms with E-state index in [1.807, 2.05) is 12.3 Å². The third kappa shape index (κ3) is 3.38. The molecule has 0 aliphatic rings. The average Bonchev–Trinajstić information content (AvgIpc) is 2.86. The zero-order chi connectivity index (χ0) is 15.6. The van der Waals surface area contributed by atoms with Gasteiger partial charge in [0.15, 0.2) is 0 Å². The van der Waals surface area contributed by atoms with Gasteiger partial charge in [-0.1, -0.05) is 12.1 Å². The lowest BCUT2D eigenvalue weighted by atomic mass is 10.2. The molecule has 1 unspecified atom stereocenters. The quantitative estimate of drug-likeness (QED) is 0.908. The van der Waals surface area contributed by atoms with E-state index < -0.39 is 20.5 Å². The van der Waals surface area contributed by atoms with Gasteiger partial charge in [-0.05, 0) is 26.0 Å². The van der Waals surface area contributed by atoms with Gasteiger partial charge in [0.25, 0.3) is 0 Å². The zero-order valence-electron chi connectivity index (χ0n) is 11.4. The van der Waals surface area contributed by atoms with Crippen molar-refractivity contribution in [1.29, 1.82) is 0 Å². The molecule has 1 aromatic carbocycles. The minimum atomic E-state index is -4.64. The summed E-state index contributed by atoms with van der Waals surface area (Å²) in [4.78, 5) is 3.89. The number of benzene rings is 1. The first-order valence-corrected chi connectivity index (χ1v) is 8.54. The van der Waals surface area contributed by atoms with Crippen molar-refractivity contribution in [3.05, 3.63) is 40.3 Å². The number of nitrogens with zero attached hydrogens (tertiary/aromatic N) is 1. The van der Waals surface area contributed by atoms with E-state index in [4.69, 9.17) is 0 Å². The third-order valence-corrected chi connectivity index (χ3v) is 5.11. The van der Waals surface area contributed by atoms with E-state index >= 15 is 0 Å². The minimum absolute atomic E-state index is 0.149. The molecule has 0 radical (unpaired) electrons. The van der Waals surface area contributed by atoms with Crippen molar-refractivity contribution in [1.82, 2.24) is 4.98 Å². The van der Waals surface area contributed by atoms with Crippen LogP contribution in [0.2, 0.25) is 0 Å². The number of sulfone groups is 1. The first-order valence-electron chi connectivity index (χ1n) is 6.12. The number of alkyl halides is 2. The van der Waals surface area contributed by atoms with Gasteiger partial charge in [-0.3, -0.25) is 0 Å². The highest BCUT2D eigenvalue weighted by molar-refractivity contribution is 7.91. The largest absolute Gasteiger partial charge is 0.376 e. The number of hydrogen-bond donors (Lipinski definition) is 1. The minimum Gasteiger partial charge on any atom is -0.376 e. The molecule has 0 bridgehead atoms. The van der Waals surface area contributed by atoms with Gasteiger partial charge in [0, 0.05) is 5.38 Å². The van der Waals surface area contributed by atoms with E-state index in [0.29, 0.717) is 0 Å². The van der Waals surface area contributed by atoms with E-state index in [9.17, 15) is 17.2 Å². The molecular formula is C13H14F2N2O2S2. The summed E-state index contributed by atoms with van der Waals surface area (Å²) >= 11 is 1.47. The number of hydrogen-bond acceptors (Lipinski definition) is 5. The molecule has 1 atom stereocenters. The smallest absolute Gasteiger partial charge is 0.341 e. The SMILES string of the molecule is Cc1nc(C(C)Nc2ccccc2S(=O)(=O)C(F)F)cs1. The monoisotopic (exact) mass is 332 g/mol. The summed E-state index contributed by atoms with van der Waals surface area (Å²) < 4.78 is 48.8. The van der Waals surface area contributed by atoms with E-state index in [1.165, 1.54) is 29.5 Å². The number of thiazole rings is 1. The van der Waals surface area contributed by atoms with E-state index in [-0.39, 0.29) is 11.7 Å². The molecule has 8 heteroatoms. The Balaban J connectivity index is 2.33. The highest BCUT2D eigenvalue weighted by atomic mass is 32.2. The van der Waals surface area contributed by atoms with Gasteiger partial charge < -0.3 is 5.32 Å². The summed E-state index contributed by atoms with van der Waals surface area (Å²) in [6.45, 7) is 3.65. The van der Waals surface area contributed by atoms with Crippen LogP contribution in [0, 0.1) is 6.92 Å². The second-order valence-electron chi connectivity index (χ2n) is 4.46. The van der Waals surface area contributed by atoms with Crippen LogP contribution in [0.15, 0.2) is 34.5 Å². The number of anilines is 1. The van der Waals surface area contributed by atoms with Crippen molar-refractivity contribution in [2.45, 2.75) is 30.5 Å². The van der Waals surface area contributed by atoms with Crippen LogP contribution in [0.1, 0.15) is 23.7 Å². The predicted molar refractivity (Wildman–Crippen MR) is 78.5 cm³/mol. The molecule has 2 rings (SSSR count). The fourth-order valence-electron chi connectivity index (χ4n) is 1.82. The lowest BCUT2D eigenvalue weighted by Gasteiger charge is -2.16. The summed E-state index contributed by atoms with van der Waals surface area (Å²) in [5.41, 5.74) is 0.887. The molecule has 2 aromatic rings. The Labute approximate surface area is 125 Å². The van der Waals surface area contributed by atoms with Gasteiger partial charge in [-0.25, -0.2) is 13.4 Å². The first-order chi connectivity index (χ1) is 9.82. The number of rotatable bonds is 5. The van der Waals surface area contributed by atoms with Crippen LogP contribution in [-0.4, -0.2) is 19.2 Å². The van der Waals surface area contributed by atoms with Crippen molar-refractivity contribution in [2.24, 2.45) is 0 Å². The molecule has 0 saturated heterocycles. The maximum absolute atomic E-state index is 12.7. The van der Waals surface area contributed by atoms with Gasteiger partial charge in [-0.15, -0.1) is 11.3 Å². The molecule has 0 saturated carbocycles. The molecule has 1 heterocycles. The highest BCUT2D eigenvalue weighted by Gasteiger charge is 2.29. The normalized spacial score (nSPS) is 13.4. The molecule has 1 aromatic heterocycles. The molecule has 0 spiro atoms. The molecule has 21 heavy (non-hydrogen) atoms. The second kappa shape index (κ2) is 6.07. The second-order valence-corrected chi connectivity index (χ2v) is 7.41. The van der Waals surface area contributed by atoms with Crippen LogP contribution in [0.25, 0.3) is 0 Å². The molecule has 1 N–H and O–H groups in total. The number of para-hydroxylation sites is 1. The Bertz CT molecular complexity index is 729. The van der Waals surface area contributed by atoms with Gasteiger partial charge in [0.05, 0.1) is 27.3 Å². The van der Waals surface area contributed by atoms with Crippen molar-refractivity contribution >= 4 is 26.9 Å². The predicted octanol–water partition coefficient (Wildman–Crippen LogP) is 3.62. The van der Waals surface area contributed by atoms with Crippen LogP contribution >= 0.6 is 11.3 Å². The van der Waals surface area contributed by atoms with Crippen molar-refractivity contribution in [3.63, 3.8) is 0 Å². The van der Waals surface area contributed by atoms with Crippen molar-refractivity contribution < 1.29 is 17.2 Å². The molecule has 0 amide bonds. The van der Waals surface area contributed by atoms with E-state index in [1.54, 1.807) is 13.0 Å². The molecular weight excluding hydrogens is 318 g/mol. The molecule has 0 aliphatic heterocycles. The number of halogens is 2. The van der Waals surface area contributed by atoms with Crippen LogP contribution < -0.4 is 5.32 Å². The summed E-state index contributed by atoms with van der Waals surface area (Å²) in [5.74, 6) is -3.45. The molecule has 4 nitrogen and oxygen atoms in total. The lowest BCUT2D eigenvalue weighted by Crippen LogP contribution is -2.15. The van der Waals surface area contributed by atoms with Crippen molar-refractivity contribution in [2.75, 3.05) is 5.32 Å². The Morgan fingerprint density at radius 1 is 1.29 bits per heavy atom. The summed E-state index contributed by atoms with van der Waals surface area (Å²) in [6, 6.07) is 5.35. The maximum atomic E-state index is 12.7. The fraction of sp³-hybridized carbons (Fsp3) is 0.308. The highest BCUT2D eigenvalue weighted by Crippen LogP contribution is 2.29. The Morgan fingerprint density at radius 2 is 1.95 bits per heavy atom. The fourth-order valence-corrected chi connectivity index (χ4v) is 3.42. The van der Waals surface area contributed by atoms with Gasteiger partial charge in [0.2, 0.25) is 9.84 Å². The summed E-state index contributed by atoms with van der Waals surface area (Å²) in [6.07, 6.45) is 0. The zero-order valence-corrected chi connectivity index (χ0v) is 13.0. The first kappa shape index (κ1) is 15.8. The van der Waals surface area contributed by atoms with Crippen LogP contribution in [0.5, 0.6) is 0 Å².